The number of rotatable bonds is 7. The van der Waals surface area contributed by atoms with Crippen LogP contribution in [0.15, 0.2) is 59.8 Å². The number of nitrogens with two attached hydrogens (primary N) is 1. The Hall–Kier alpha value is -2.92. The maximum atomic E-state index is 14.6. The number of hydrogen-bond donors (Lipinski definition) is 4. The molecule has 0 radical (unpaired) electrons. The van der Waals surface area contributed by atoms with Gasteiger partial charge in [0.15, 0.2) is 0 Å². The fourth-order valence-corrected chi connectivity index (χ4v) is 4.51. The Morgan fingerprint density at radius 3 is 2.13 bits per heavy atom. The molecule has 2 aromatic carbocycles. The zero-order chi connectivity index (χ0) is 21.9. The number of nitrogen functional groups attached to an aromatic ring is 1. The second-order valence-electron chi connectivity index (χ2n) is 7.01. The zero-order valence-electron chi connectivity index (χ0n) is 16.1. The minimum atomic E-state index is -4.40. The van der Waals surface area contributed by atoms with E-state index in [1.54, 1.807) is 36.7 Å². The van der Waals surface area contributed by atoms with Gasteiger partial charge in [0, 0.05) is 23.5 Å². The first-order chi connectivity index (χ1) is 14.2. The number of aliphatic hydroxyl groups is 2. The van der Waals surface area contributed by atoms with Crippen molar-refractivity contribution in [2.45, 2.75) is 17.4 Å². The predicted octanol–water partition coefficient (Wildman–Crippen LogP) is 1.55. The van der Waals surface area contributed by atoms with Gasteiger partial charge in [0.1, 0.15) is 10.7 Å². The molecule has 30 heavy (non-hydrogen) atoms. The minimum Gasteiger partial charge on any atom is -0.394 e. The van der Waals surface area contributed by atoms with Crippen LogP contribution in [0, 0.1) is 5.82 Å². The highest BCUT2D eigenvalue weighted by Gasteiger charge is 2.33. The number of benzene rings is 2. The Labute approximate surface area is 173 Å². The van der Waals surface area contributed by atoms with Crippen molar-refractivity contribution in [3.8, 4) is 22.3 Å². The molecule has 0 amide bonds. The minimum absolute atomic E-state index is 0.140. The summed E-state index contributed by atoms with van der Waals surface area (Å²) < 4.78 is 42.6. The van der Waals surface area contributed by atoms with Crippen LogP contribution in [0.1, 0.15) is 6.92 Å². The molecule has 0 atom stereocenters. The number of hydrogen-bond acceptors (Lipinski definition) is 7. The van der Waals surface area contributed by atoms with Crippen molar-refractivity contribution in [1.82, 2.24) is 14.7 Å². The summed E-state index contributed by atoms with van der Waals surface area (Å²) in [6.07, 6.45) is 3.12. The SMILES string of the molecule is CC(CO)(CO)NS(=O)(=O)c1c(F)cccc1-c1ccc(-c2cnc(N)nc2)cc1. The van der Waals surface area contributed by atoms with Crippen molar-refractivity contribution < 1.29 is 23.0 Å². The molecule has 3 aromatic rings. The molecule has 0 unspecified atom stereocenters. The highest BCUT2D eigenvalue weighted by molar-refractivity contribution is 7.89. The summed E-state index contributed by atoms with van der Waals surface area (Å²) in [5.41, 5.74) is 6.03. The van der Waals surface area contributed by atoms with Gasteiger partial charge in [-0.3, -0.25) is 0 Å². The molecule has 0 spiro atoms. The maximum absolute atomic E-state index is 14.6. The van der Waals surface area contributed by atoms with E-state index in [-0.39, 0.29) is 11.5 Å². The van der Waals surface area contributed by atoms with Crippen molar-refractivity contribution in [2.24, 2.45) is 0 Å². The molecule has 0 bridgehead atoms. The molecule has 3 rings (SSSR count). The highest BCUT2D eigenvalue weighted by atomic mass is 32.2. The van der Waals surface area contributed by atoms with E-state index in [0.717, 1.165) is 11.6 Å². The van der Waals surface area contributed by atoms with E-state index in [4.69, 9.17) is 5.73 Å². The van der Waals surface area contributed by atoms with Crippen LogP contribution in [-0.4, -0.2) is 47.4 Å². The first kappa shape index (κ1) is 21.8. The first-order valence-corrected chi connectivity index (χ1v) is 10.4. The third kappa shape index (κ3) is 4.46. The Morgan fingerprint density at radius 2 is 1.57 bits per heavy atom. The van der Waals surface area contributed by atoms with Crippen molar-refractivity contribution in [1.29, 1.82) is 0 Å². The van der Waals surface area contributed by atoms with Crippen LogP contribution in [0.4, 0.5) is 10.3 Å². The van der Waals surface area contributed by atoms with Crippen LogP contribution in [0.3, 0.4) is 0 Å². The number of anilines is 1. The summed E-state index contributed by atoms with van der Waals surface area (Å²) in [7, 11) is -4.40. The lowest BCUT2D eigenvalue weighted by atomic mass is 10.0. The van der Waals surface area contributed by atoms with E-state index in [9.17, 15) is 23.0 Å². The van der Waals surface area contributed by atoms with Crippen molar-refractivity contribution >= 4 is 16.0 Å². The van der Waals surface area contributed by atoms with Crippen LogP contribution >= 0.6 is 0 Å². The van der Waals surface area contributed by atoms with Gasteiger partial charge >= 0.3 is 0 Å². The normalized spacial score (nSPS) is 12.1. The van der Waals surface area contributed by atoms with E-state index in [2.05, 4.69) is 14.7 Å². The summed E-state index contributed by atoms with van der Waals surface area (Å²) >= 11 is 0. The second-order valence-corrected chi connectivity index (χ2v) is 8.63. The van der Waals surface area contributed by atoms with Crippen LogP contribution in [0.5, 0.6) is 0 Å². The Bertz CT molecular complexity index is 1130. The van der Waals surface area contributed by atoms with E-state index in [0.29, 0.717) is 11.1 Å². The van der Waals surface area contributed by atoms with Gasteiger partial charge in [-0.2, -0.15) is 0 Å². The molecule has 0 saturated heterocycles. The van der Waals surface area contributed by atoms with Gasteiger partial charge in [-0.25, -0.2) is 27.5 Å². The standard InChI is InChI=1S/C20H21FN4O4S/c1-20(11-26,12-27)25-30(28,29)18-16(3-2-4-17(18)21)14-7-5-13(6-8-14)15-9-23-19(22)24-10-15/h2-10,25-27H,11-12H2,1H3,(H2,22,23,24). The van der Waals surface area contributed by atoms with Crippen molar-refractivity contribution in [2.75, 3.05) is 18.9 Å². The lowest BCUT2D eigenvalue weighted by molar-refractivity contribution is 0.121. The molecule has 1 aromatic heterocycles. The third-order valence-corrected chi connectivity index (χ3v) is 6.23. The van der Waals surface area contributed by atoms with Crippen molar-refractivity contribution in [3.05, 3.63) is 60.7 Å². The molecule has 10 heteroatoms. The number of nitrogens with zero attached hydrogens (tertiary/aromatic N) is 2. The molecule has 5 N–H and O–H groups in total. The predicted molar refractivity (Wildman–Crippen MR) is 110 cm³/mol. The largest absolute Gasteiger partial charge is 0.394 e. The Kier molecular flexibility index (Phi) is 6.13. The summed E-state index contributed by atoms with van der Waals surface area (Å²) in [5.74, 6) is -0.801. The van der Waals surface area contributed by atoms with Crippen LogP contribution in [-0.2, 0) is 10.0 Å². The average Bonchev–Trinajstić information content (AvgIpc) is 2.73. The molecule has 0 aliphatic rings. The van der Waals surface area contributed by atoms with E-state index < -0.39 is 39.5 Å². The quantitative estimate of drug-likeness (QED) is 0.444. The zero-order valence-corrected chi connectivity index (χ0v) is 16.9. The van der Waals surface area contributed by atoms with Gasteiger partial charge in [0.05, 0.1) is 18.8 Å². The fourth-order valence-electron chi connectivity index (χ4n) is 2.83. The molecule has 0 aliphatic heterocycles. The number of sulfonamides is 1. The van der Waals surface area contributed by atoms with Crippen LogP contribution in [0.25, 0.3) is 22.3 Å². The number of halogens is 1. The lowest BCUT2D eigenvalue weighted by Gasteiger charge is -2.26. The van der Waals surface area contributed by atoms with E-state index >= 15 is 0 Å². The van der Waals surface area contributed by atoms with Gasteiger partial charge < -0.3 is 15.9 Å². The van der Waals surface area contributed by atoms with E-state index in [1.807, 2.05) is 0 Å². The summed E-state index contributed by atoms with van der Waals surface area (Å²) in [4.78, 5) is 7.30. The summed E-state index contributed by atoms with van der Waals surface area (Å²) in [5, 5.41) is 18.8. The smallest absolute Gasteiger partial charge is 0.244 e. The summed E-state index contributed by atoms with van der Waals surface area (Å²) in [6, 6.07) is 10.7. The summed E-state index contributed by atoms with van der Waals surface area (Å²) in [6.45, 7) is -0.00963. The molecule has 0 aliphatic carbocycles. The number of nitrogens with one attached hydrogen (secondary N) is 1. The second kappa shape index (κ2) is 8.44. The van der Waals surface area contributed by atoms with Gasteiger partial charge in [-0.1, -0.05) is 36.4 Å². The first-order valence-electron chi connectivity index (χ1n) is 8.92. The van der Waals surface area contributed by atoms with Crippen LogP contribution in [0.2, 0.25) is 0 Å². The van der Waals surface area contributed by atoms with Gasteiger partial charge in [0.25, 0.3) is 0 Å². The van der Waals surface area contributed by atoms with E-state index in [1.165, 1.54) is 19.1 Å². The number of aliphatic hydroxyl groups excluding tert-OH is 2. The number of aromatic nitrogens is 2. The molecule has 0 saturated carbocycles. The maximum Gasteiger partial charge on any atom is 0.244 e. The molecule has 8 nitrogen and oxygen atoms in total. The fraction of sp³-hybridized carbons (Fsp3) is 0.200. The van der Waals surface area contributed by atoms with Gasteiger partial charge in [-0.05, 0) is 24.1 Å². The lowest BCUT2D eigenvalue weighted by Crippen LogP contribution is -2.51. The molecular formula is C20H21FN4O4S. The molecule has 0 fully saturated rings. The Balaban J connectivity index is 2.04. The van der Waals surface area contributed by atoms with Gasteiger partial charge in [-0.15, -0.1) is 0 Å². The highest BCUT2D eigenvalue weighted by Crippen LogP contribution is 2.31. The Morgan fingerprint density at radius 1 is 1.00 bits per heavy atom. The van der Waals surface area contributed by atoms with Gasteiger partial charge in [0.2, 0.25) is 16.0 Å². The average molecular weight is 432 g/mol. The molecular weight excluding hydrogens is 411 g/mol. The van der Waals surface area contributed by atoms with Crippen molar-refractivity contribution in [3.63, 3.8) is 0 Å². The topological polar surface area (TPSA) is 138 Å². The molecule has 158 valence electrons. The van der Waals surface area contributed by atoms with Crippen LogP contribution < -0.4 is 10.5 Å². The monoisotopic (exact) mass is 432 g/mol. The third-order valence-electron chi connectivity index (χ3n) is 4.52. The molecule has 1 heterocycles.